The molecule has 0 radical (unpaired) electrons. The summed E-state index contributed by atoms with van der Waals surface area (Å²) in [6.07, 6.45) is 3.52. The van der Waals surface area contributed by atoms with E-state index in [0.29, 0.717) is 0 Å². The molecule has 0 aromatic heterocycles. The minimum atomic E-state index is -0.343. The number of alkyl carbamates (subject to hydrolysis) is 1. The van der Waals surface area contributed by atoms with Crippen molar-refractivity contribution in [1.29, 1.82) is 0 Å². The lowest BCUT2D eigenvalue weighted by Gasteiger charge is -2.18. The molecule has 0 aliphatic rings. The van der Waals surface area contributed by atoms with Gasteiger partial charge in [0.1, 0.15) is 6.10 Å². The Hall–Kier alpha value is -1.51. The summed E-state index contributed by atoms with van der Waals surface area (Å²) in [5.41, 5.74) is 2.50. The molecule has 1 rings (SSSR count). The summed E-state index contributed by atoms with van der Waals surface area (Å²) >= 11 is 0. The van der Waals surface area contributed by atoms with Crippen LogP contribution in [-0.2, 0) is 11.2 Å². The molecule has 3 nitrogen and oxygen atoms in total. The van der Waals surface area contributed by atoms with Gasteiger partial charge in [-0.05, 0) is 24.5 Å². The van der Waals surface area contributed by atoms with E-state index in [9.17, 15) is 4.79 Å². The fraction of sp³-hybridized carbons (Fsp3) is 0.533. The van der Waals surface area contributed by atoms with Crippen LogP contribution in [-0.4, -0.2) is 19.2 Å². The van der Waals surface area contributed by atoms with Gasteiger partial charge in [-0.15, -0.1) is 0 Å². The third-order valence-corrected chi connectivity index (χ3v) is 3.07. The van der Waals surface area contributed by atoms with Gasteiger partial charge in [0.25, 0.3) is 0 Å². The Morgan fingerprint density at radius 1 is 1.39 bits per heavy atom. The van der Waals surface area contributed by atoms with Gasteiger partial charge in [-0.2, -0.15) is 0 Å². The largest absolute Gasteiger partial charge is 0.446 e. The lowest BCUT2D eigenvalue weighted by atomic mass is 9.99. The van der Waals surface area contributed by atoms with Crippen LogP contribution < -0.4 is 5.32 Å². The van der Waals surface area contributed by atoms with E-state index in [0.717, 1.165) is 25.7 Å². The number of nitrogens with one attached hydrogen (secondary N) is 1. The molecule has 0 spiro atoms. The zero-order valence-electron chi connectivity index (χ0n) is 11.5. The van der Waals surface area contributed by atoms with Gasteiger partial charge < -0.3 is 10.1 Å². The molecule has 3 heteroatoms. The topological polar surface area (TPSA) is 38.3 Å². The van der Waals surface area contributed by atoms with Gasteiger partial charge >= 0.3 is 6.09 Å². The molecular formula is C15H23NO2. The van der Waals surface area contributed by atoms with Crippen LogP contribution in [0.15, 0.2) is 24.3 Å². The fourth-order valence-electron chi connectivity index (χ4n) is 1.93. The molecule has 1 N–H and O–H groups in total. The first-order chi connectivity index (χ1) is 8.67. The van der Waals surface area contributed by atoms with E-state index in [4.69, 9.17) is 4.74 Å². The SMILES string of the molecule is CCCC[C@@H](Cc1ccccc1C)OC(=O)NC. The smallest absolute Gasteiger partial charge is 0.407 e. The van der Waals surface area contributed by atoms with Crippen molar-refractivity contribution in [1.82, 2.24) is 5.32 Å². The predicted octanol–water partition coefficient (Wildman–Crippen LogP) is 3.45. The highest BCUT2D eigenvalue weighted by atomic mass is 16.6. The summed E-state index contributed by atoms with van der Waals surface area (Å²) in [7, 11) is 1.59. The Kier molecular flexibility index (Phi) is 6.26. The Labute approximate surface area is 110 Å². The summed E-state index contributed by atoms with van der Waals surface area (Å²) in [5.74, 6) is 0. The van der Waals surface area contributed by atoms with Crippen molar-refractivity contribution >= 4 is 6.09 Å². The van der Waals surface area contributed by atoms with Crippen molar-refractivity contribution < 1.29 is 9.53 Å². The van der Waals surface area contributed by atoms with Crippen LogP contribution in [0, 0.1) is 6.92 Å². The normalized spacial score (nSPS) is 11.9. The number of rotatable bonds is 6. The molecular weight excluding hydrogens is 226 g/mol. The number of carbonyl (C=O) groups excluding carboxylic acids is 1. The Morgan fingerprint density at radius 3 is 2.72 bits per heavy atom. The number of ether oxygens (including phenoxy) is 1. The molecule has 1 aromatic rings. The van der Waals surface area contributed by atoms with E-state index in [1.807, 2.05) is 12.1 Å². The maximum Gasteiger partial charge on any atom is 0.407 e. The number of benzene rings is 1. The summed E-state index contributed by atoms with van der Waals surface area (Å²) in [4.78, 5) is 11.3. The van der Waals surface area contributed by atoms with Crippen molar-refractivity contribution in [3.8, 4) is 0 Å². The number of aryl methyl sites for hydroxylation is 1. The summed E-state index contributed by atoms with van der Waals surface area (Å²) < 4.78 is 5.41. The van der Waals surface area contributed by atoms with E-state index >= 15 is 0 Å². The van der Waals surface area contributed by atoms with Crippen LogP contribution in [0.1, 0.15) is 37.3 Å². The summed E-state index contributed by atoms with van der Waals surface area (Å²) in [6, 6.07) is 8.24. The number of hydrogen-bond acceptors (Lipinski definition) is 2. The minimum Gasteiger partial charge on any atom is -0.446 e. The molecule has 18 heavy (non-hydrogen) atoms. The average Bonchev–Trinajstić information content (AvgIpc) is 2.38. The van der Waals surface area contributed by atoms with Crippen LogP contribution in [0.3, 0.4) is 0 Å². The third kappa shape index (κ3) is 4.78. The van der Waals surface area contributed by atoms with E-state index < -0.39 is 0 Å². The van der Waals surface area contributed by atoms with Crippen molar-refractivity contribution in [2.75, 3.05) is 7.05 Å². The van der Waals surface area contributed by atoms with Crippen molar-refractivity contribution in [3.63, 3.8) is 0 Å². The van der Waals surface area contributed by atoms with E-state index in [-0.39, 0.29) is 12.2 Å². The molecule has 0 unspecified atom stereocenters. The fourth-order valence-corrected chi connectivity index (χ4v) is 1.93. The van der Waals surface area contributed by atoms with Gasteiger partial charge in [-0.3, -0.25) is 0 Å². The maximum atomic E-state index is 11.3. The highest BCUT2D eigenvalue weighted by Gasteiger charge is 2.14. The highest BCUT2D eigenvalue weighted by Crippen LogP contribution is 2.15. The molecule has 0 aliphatic heterocycles. The second kappa shape index (κ2) is 7.75. The first-order valence-electron chi connectivity index (χ1n) is 6.60. The maximum absolute atomic E-state index is 11.3. The molecule has 1 amide bonds. The van der Waals surface area contributed by atoms with E-state index in [1.54, 1.807) is 7.05 Å². The van der Waals surface area contributed by atoms with Crippen LogP contribution in [0.2, 0.25) is 0 Å². The zero-order valence-corrected chi connectivity index (χ0v) is 11.5. The second-order valence-corrected chi connectivity index (χ2v) is 4.55. The zero-order chi connectivity index (χ0) is 13.4. The van der Waals surface area contributed by atoms with Gasteiger partial charge in [-0.1, -0.05) is 44.0 Å². The Balaban J connectivity index is 2.65. The lowest BCUT2D eigenvalue weighted by Crippen LogP contribution is -2.27. The highest BCUT2D eigenvalue weighted by molar-refractivity contribution is 5.66. The van der Waals surface area contributed by atoms with Crippen molar-refractivity contribution in [2.24, 2.45) is 0 Å². The molecule has 1 aromatic carbocycles. The molecule has 100 valence electrons. The van der Waals surface area contributed by atoms with Crippen molar-refractivity contribution in [2.45, 2.75) is 45.6 Å². The number of amides is 1. The molecule has 0 aliphatic carbocycles. The van der Waals surface area contributed by atoms with Gasteiger partial charge in [0.15, 0.2) is 0 Å². The first kappa shape index (κ1) is 14.6. The average molecular weight is 249 g/mol. The van der Waals surface area contributed by atoms with E-state index in [2.05, 4.69) is 31.3 Å². The van der Waals surface area contributed by atoms with E-state index in [1.165, 1.54) is 11.1 Å². The third-order valence-electron chi connectivity index (χ3n) is 3.07. The molecule has 0 saturated carbocycles. The minimum absolute atomic E-state index is 0.0361. The molecule has 1 atom stereocenters. The van der Waals surface area contributed by atoms with Crippen LogP contribution >= 0.6 is 0 Å². The number of hydrogen-bond donors (Lipinski definition) is 1. The quantitative estimate of drug-likeness (QED) is 0.838. The number of carbonyl (C=O) groups is 1. The van der Waals surface area contributed by atoms with Gasteiger partial charge in [0.2, 0.25) is 0 Å². The van der Waals surface area contributed by atoms with Gasteiger partial charge in [0.05, 0.1) is 0 Å². The Bertz CT molecular complexity index is 377. The monoisotopic (exact) mass is 249 g/mol. The number of unbranched alkanes of at least 4 members (excludes halogenated alkanes) is 1. The van der Waals surface area contributed by atoms with Gasteiger partial charge in [-0.25, -0.2) is 4.79 Å². The first-order valence-corrected chi connectivity index (χ1v) is 6.60. The van der Waals surface area contributed by atoms with Crippen LogP contribution in [0.4, 0.5) is 4.79 Å². The Morgan fingerprint density at radius 2 is 2.11 bits per heavy atom. The second-order valence-electron chi connectivity index (χ2n) is 4.55. The van der Waals surface area contributed by atoms with Crippen molar-refractivity contribution in [3.05, 3.63) is 35.4 Å². The summed E-state index contributed by atoms with van der Waals surface area (Å²) in [6.45, 7) is 4.23. The van der Waals surface area contributed by atoms with Gasteiger partial charge in [0, 0.05) is 13.5 Å². The lowest BCUT2D eigenvalue weighted by molar-refractivity contribution is 0.0929. The molecule has 0 heterocycles. The standard InChI is InChI=1S/C15H23NO2/c1-4-5-10-14(18-15(17)16-3)11-13-9-7-6-8-12(13)2/h6-9,14H,4-5,10-11H2,1-3H3,(H,16,17)/t14-/m0/s1. The molecule has 0 saturated heterocycles. The predicted molar refractivity (Wildman–Crippen MR) is 73.7 cm³/mol. The van der Waals surface area contributed by atoms with Crippen LogP contribution in [0.25, 0.3) is 0 Å². The van der Waals surface area contributed by atoms with Crippen LogP contribution in [0.5, 0.6) is 0 Å². The molecule has 0 bridgehead atoms. The molecule has 0 fully saturated rings. The summed E-state index contributed by atoms with van der Waals surface area (Å²) in [5, 5.41) is 2.51.